The number of ether oxygens (including phenoxy) is 1. The van der Waals surface area contributed by atoms with Gasteiger partial charge in [0.2, 0.25) is 0 Å². The monoisotopic (exact) mass is 337 g/mol. The van der Waals surface area contributed by atoms with Gasteiger partial charge in [-0.05, 0) is 24.3 Å². The molecule has 4 N–H and O–H groups in total. The first-order valence-electron chi connectivity index (χ1n) is 7.21. The Hall–Kier alpha value is -2.11. The molecule has 1 atom stereocenters. The number of nitrogens with two attached hydrogens (primary N) is 1. The molecule has 8 heteroatoms. The molecule has 0 aliphatic carbocycles. The van der Waals surface area contributed by atoms with Gasteiger partial charge in [-0.25, -0.2) is 4.98 Å². The van der Waals surface area contributed by atoms with E-state index < -0.39 is 10.8 Å². The van der Waals surface area contributed by atoms with Crippen molar-refractivity contribution in [3.8, 4) is 6.07 Å². The number of nitriles is 1. The molecule has 0 radical (unpaired) electrons. The minimum atomic E-state index is -1.10. The fourth-order valence-electron chi connectivity index (χ4n) is 1.89. The van der Waals surface area contributed by atoms with Gasteiger partial charge in [0.25, 0.3) is 0 Å². The Balaban J connectivity index is 2.90. The molecule has 0 saturated heterocycles. The Morgan fingerprint density at radius 3 is 2.74 bits per heavy atom. The number of rotatable bonds is 10. The van der Waals surface area contributed by atoms with E-state index >= 15 is 0 Å². The molecule has 0 aromatic carbocycles. The van der Waals surface area contributed by atoms with E-state index in [-0.39, 0.29) is 0 Å². The highest BCUT2D eigenvalue weighted by molar-refractivity contribution is 7.87. The van der Waals surface area contributed by atoms with E-state index in [1.54, 1.807) is 14.0 Å². The van der Waals surface area contributed by atoms with Crippen molar-refractivity contribution in [1.29, 1.82) is 5.26 Å². The zero-order valence-corrected chi connectivity index (χ0v) is 14.3. The van der Waals surface area contributed by atoms with Gasteiger partial charge in [-0.15, -0.1) is 0 Å². The van der Waals surface area contributed by atoms with Crippen molar-refractivity contribution in [2.75, 3.05) is 48.9 Å². The topological polar surface area (TPSA) is 113 Å². The second kappa shape index (κ2) is 9.82. The molecule has 0 aliphatic heterocycles. The summed E-state index contributed by atoms with van der Waals surface area (Å²) in [7, 11) is 0.551. The summed E-state index contributed by atoms with van der Waals surface area (Å²) in [6.45, 7) is 6.98. The lowest BCUT2D eigenvalue weighted by molar-refractivity contribution is 0.198. The van der Waals surface area contributed by atoms with Gasteiger partial charge < -0.3 is 21.1 Å². The number of anilines is 3. The Morgan fingerprint density at radius 2 is 2.13 bits per heavy atom. The van der Waals surface area contributed by atoms with Crippen LogP contribution in [-0.2, 0) is 15.5 Å². The standard InChI is InChI=1S/C15H23N5O2S/c1-4-23(21)9-7-19-14-12(10-16)11(2)13(17)15(20-14)18-6-5-8-22-3/h4H,1,5-9,17H2,2-3H3,(H2,18,19,20). The molecule has 23 heavy (non-hydrogen) atoms. The predicted molar refractivity (Wildman–Crippen MR) is 94.8 cm³/mol. The van der Waals surface area contributed by atoms with E-state index in [4.69, 9.17) is 10.5 Å². The average Bonchev–Trinajstić information content (AvgIpc) is 2.55. The maximum absolute atomic E-state index is 11.4. The van der Waals surface area contributed by atoms with Gasteiger partial charge in [0.1, 0.15) is 11.9 Å². The van der Waals surface area contributed by atoms with Gasteiger partial charge in [-0.3, -0.25) is 4.21 Å². The summed E-state index contributed by atoms with van der Waals surface area (Å²) in [6.07, 6.45) is 0.817. The van der Waals surface area contributed by atoms with Gasteiger partial charge in [-0.1, -0.05) is 6.58 Å². The van der Waals surface area contributed by atoms with E-state index in [1.165, 1.54) is 5.41 Å². The lowest BCUT2D eigenvalue weighted by Crippen LogP contribution is -2.15. The van der Waals surface area contributed by atoms with Crippen molar-refractivity contribution in [1.82, 2.24) is 4.98 Å². The number of methoxy groups -OCH3 is 1. The maximum Gasteiger partial charge on any atom is 0.152 e. The molecule has 0 amide bonds. The van der Waals surface area contributed by atoms with Gasteiger partial charge >= 0.3 is 0 Å². The number of pyridine rings is 1. The van der Waals surface area contributed by atoms with Crippen LogP contribution in [0.5, 0.6) is 0 Å². The quantitative estimate of drug-likeness (QED) is 0.556. The number of aromatic nitrogens is 1. The number of nitrogen functional groups attached to an aromatic ring is 1. The van der Waals surface area contributed by atoms with Crippen LogP contribution in [0, 0.1) is 18.3 Å². The highest BCUT2D eigenvalue weighted by Gasteiger charge is 2.14. The smallest absolute Gasteiger partial charge is 0.152 e. The average molecular weight is 337 g/mol. The van der Waals surface area contributed by atoms with E-state index in [0.29, 0.717) is 53.9 Å². The minimum Gasteiger partial charge on any atom is -0.395 e. The van der Waals surface area contributed by atoms with Crippen LogP contribution in [-0.4, -0.2) is 41.8 Å². The Labute approximate surface area is 139 Å². The Bertz CT molecular complexity index is 613. The summed E-state index contributed by atoms with van der Waals surface area (Å²) in [5, 5.41) is 16.9. The second-order valence-electron chi connectivity index (χ2n) is 4.79. The molecule has 1 unspecified atom stereocenters. The maximum atomic E-state index is 11.4. The zero-order chi connectivity index (χ0) is 17.2. The molecule has 1 aromatic rings. The first kappa shape index (κ1) is 18.9. The molecular weight excluding hydrogens is 314 g/mol. The molecule has 0 fully saturated rings. The Morgan fingerprint density at radius 1 is 1.43 bits per heavy atom. The Kier molecular flexibility index (Phi) is 8.08. The van der Waals surface area contributed by atoms with E-state index in [2.05, 4.69) is 28.3 Å². The third kappa shape index (κ3) is 5.54. The van der Waals surface area contributed by atoms with Crippen LogP contribution in [0.3, 0.4) is 0 Å². The highest BCUT2D eigenvalue weighted by Crippen LogP contribution is 2.28. The molecule has 0 aliphatic rings. The van der Waals surface area contributed by atoms with Crippen molar-refractivity contribution in [3.63, 3.8) is 0 Å². The first-order valence-corrected chi connectivity index (χ1v) is 8.59. The van der Waals surface area contributed by atoms with E-state index in [9.17, 15) is 9.47 Å². The fraction of sp³-hybridized carbons (Fsp3) is 0.467. The van der Waals surface area contributed by atoms with Gasteiger partial charge in [0, 0.05) is 43.4 Å². The lowest BCUT2D eigenvalue weighted by atomic mass is 10.1. The summed E-state index contributed by atoms with van der Waals surface area (Å²) >= 11 is 0. The molecule has 1 aromatic heterocycles. The predicted octanol–water partition coefficient (Wildman–Crippen LogP) is 1.60. The summed E-state index contributed by atoms with van der Waals surface area (Å²) in [5.41, 5.74) is 7.57. The third-order valence-electron chi connectivity index (χ3n) is 3.21. The van der Waals surface area contributed by atoms with Gasteiger partial charge in [-0.2, -0.15) is 5.26 Å². The molecule has 7 nitrogen and oxygen atoms in total. The first-order chi connectivity index (χ1) is 11.0. The fourth-order valence-corrected chi connectivity index (χ4v) is 2.36. The normalized spacial score (nSPS) is 11.5. The van der Waals surface area contributed by atoms with E-state index in [1.807, 2.05) is 0 Å². The summed E-state index contributed by atoms with van der Waals surface area (Å²) < 4.78 is 16.4. The third-order valence-corrected chi connectivity index (χ3v) is 4.18. The van der Waals surface area contributed by atoms with Crippen LogP contribution in [0.15, 0.2) is 12.0 Å². The van der Waals surface area contributed by atoms with Crippen LogP contribution in [0.2, 0.25) is 0 Å². The molecule has 0 bridgehead atoms. The second-order valence-corrected chi connectivity index (χ2v) is 6.29. The van der Waals surface area contributed by atoms with Crippen molar-refractivity contribution in [2.24, 2.45) is 0 Å². The van der Waals surface area contributed by atoms with Crippen molar-refractivity contribution in [3.05, 3.63) is 23.1 Å². The molecule has 1 rings (SSSR count). The summed E-state index contributed by atoms with van der Waals surface area (Å²) in [5.74, 6) is 1.37. The number of nitrogens with one attached hydrogen (secondary N) is 2. The van der Waals surface area contributed by atoms with Gasteiger partial charge in [0.15, 0.2) is 5.82 Å². The van der Waals surface area contributed by atoms with Crippen molar-refractivity contribution >= 4 is 28.1 Å². The highest BCUT2D eigenvalue weighted by atomic mass is 32.2. The largest absolute Gasteiger partial charge is 0.395 e. The van der Waals surface area contributed by atoms with Crippen LogP contribution >= 0.6 is 0 Å². The van der Waals surface area contributed by atoms with Crippen LogP contribution in [0.1, 0.15) is 17.5 Å². The lowest BCUT2D eigenvalue weighted by Gasteiger charge is -2.15. The summed E-state index contributed by atoms with van der Waals surface area (Å²) in [6, 6.07) is 2.11. The molecule has 126 valence electrons. The van der Waals surface area contributed by atoms with Crippen LogP contribution < -0.4 is 16.4 Å². The molecule has 0 saturated carbocycles. The zero-order valence-electron chi connectivity index (χ0n) is 13.5. The minimum absolute atomic E-state index is 0.398. The molecule has 0 spiro atoms. The summed E-state index contributed by atoms with van der Waals surface area (Å²) in [4.78, 5) is 4.39. The molecular formula is C15H23N5O2S. The number of hydrogen-bond donors (Lipinski definition) is 3. The molecule has 1 heterocycles. The van der Waals surface area contributed by atoms with Crippen LogP contribution in [0.4, 0.5) is 17.3 Å². The SMILES string of the molecule is C=CS(=O)CCNc1nc(NCCCOC)c(N)c(C)c1C#N. The number of nitrogens with zero attached hydrogens (tertiary/aromatic N) is 2. The van der Waals surface area contributed by atoms with Crippen molar-refractivity contribution < 1.29 is 8.95 Å². The number of hydrogen-bond acceptors (Lipinski definition) is 7. The van der Waals surface area contributed by atoms with Gasteiger partial charge in [0.05, 0.1) is 11.3 Å². The van der Waals surface area contributed by atoms with E-state index in [0.717, 1.165) is 6.42 Å². The van der Waals surface area contributed by atoms with Crippen molar-refractivity contribution in [2.45, 2.75) is 13.3 Å². The van der Waals surface area contributed by atoms with Crippen LogP contribution in [0.25, 0.3) is 0 Å².